The van der Waals surface area contributed by atoms with Gasteiger partial charge in [-0.1, -0.05) is 22.6 Å². The van der Waals surface area contributed by atoms with Crippen molar-refractivity contribution in [2.45, 2.75) is 35.3 Å². The number of hydrogen-bond acceptors (Lipinski definition) is 2. The lowest BCUT2D eigenvalue weighted by Gasteiger charge is -2.35. The highest BCUT2D eigenvalue weighted by atomic mass is 127. The van der Waals surface area contributed by atoms with Gasteiger partial charge in [0.25, 0.3) is 0 Å². The average Bonchev–Trinajstić information content (AvgIpc) is 2.36. The van der Waals surface area contributed by atoms with E-state index < -0.39 is 0 Å². The Morgan fingerprint density at radius 3 is 2.82 bits per heavy atom. The monoisotopic (exact) mass is 267 g/mol. The summed E-state index contributed by atoms with van der Waals surface area (Å²) in [6, 6.07) is 0. The van der Waals surface area contributed by atoms with E-state index in [4.69, 9.17) is 4.74 Å². The van der Waals surface area contributed by atoms with E-state index in [2.05, 4.69) is 27.9 Å². The van der Waals surface area contributed by atoms with E-state index in [9.17, 15) is 0 Å². The quantitative estimate of drug-likeness (QED) is 0.409. The lowest BCUT2D eigenvalue weighted by atomic mass is 9.93. The molecule has 2 aliphatic heterocycles. The van der Waals surface area contributed by atoms with E-state index in [1.807, 2.05) is 0 Å². The van der Waals surface area contributed by atoms with Gasteiger partial charge in [0.1, 0.15) is 0 Å². The maximum absolute atomic E-state index is 5.87. The molecule has 0 aromatic rings. The molecule has 0 amide bonds. The summed E-state index contributed by atoms with van der Waals surface area (Å²) < 4.78 is 6.41. The van der Waals surface area contributed by atoms with E-state index in [1.165, 1.54) is 25.7 Å². The first kappa shape index (κ1) is 8.26. The Morgan fingerprint density at radius 1 is 1.36 bits per heavy atom. The molecule has 0 aromatic heterocycles. The second-order valence-electron chi connectivity index (χ2n) is 3.44. The first-order valence-corrected chi connectivity index (χ1v) is 5.59. The van der Waals surface area contributed by atoms with Gasteiger partial charge in [-0.15, -0.1) is 0 Å². The van der Waals surface area contributed by atoms with Gasteiger partial charge in [-0.2, -0.15) is 0 Å². The molecule has 2 nitrogen and oxygen atoms in total. The molecule has 2 aliphatic rings. The van der Waals surface area contributed by atoms with Crippen LogP contribution in [0.4, 0.5) is 0 Å². The van der Waals surface area contributed by atoms with Crippen LogP contribution >= 0.6 is 22.6 Å². The topological polar surface area (TPSA) is 21.3 Å². The standard InChI is InChI=1S/C8H14INO/c9-7-8(4-5-10-7)3-1-2-6-11-8/h7,10H,1-6H2. The molecule has 1 spiro atoms. The average molecular weight is 267 g/mol. The van der Waals surface area contributed by atoms with Crippen LogP contribution in [0.1, 0.15) is 25.7 Å². The Balaban J connectivity index is 2.06. The Morgan fingerprint density at radius 2 is 2.27 bits per heavy atom. The van der Waals surface area contributed by atoms with Crippen LogP contribution in [0.5, 0.6) is 0 Å². The molecule has 2 heterocycles. The number of hydrogen-bond donors (Lipinski definition) is 1. The summed E-state index contributed by atoms with van der Waals surface area (Å²) in [6.45, 7) is 2.11. The summed E-state index contributed by atoms with van der Waals surface area (Å²) in [5, 5.41) is 3.44. The van der Waals surface area contributed by atoms with Crippen molar-refractivity contribution in [1.29, 1.82) is 0 Å². The molecule has 3 heteroatoms. The van der Waals surface area contributed by atoms with Gasteiger partial charge in [-0.05, 0) is 32.2 Å². The maximum Gasteiger partial charge on any atom is 0.0938 e. The Hall–Kier alpha value is 0.650. The summed E-state index contributed by atoms with van der Waals surface area (Å²) in [7, 11) is 0. The molecule has 64 valence electrons. The molecule has 2 fully saturated rings. The molecule has 0 aliphatic carbocycles. The van der Waals surface area contributed by atoms with Gasteiger partial charge in [0.2, 0.25) is 0 Å². The molecular weight excluding hydrogens is 253 g/mol. The SMILES string of the molecule is IC1NCCC12CCCCO2. The van der Waals surface area contributed by atoms with Crippen LogP contribution in [0.3, 0.4) is 0 Å². The first-order chi connectivity index (χ1) is 5.33. The molecule has 0 bridgehead atoms. The van der Waals surface area contributed by atoms with Crippen LogP contribution in [-0.2, 0) is 4.74 Å². The third kappa shape index (κ3) is 1.42. The molecule has 0 radical (unpaired) electrons. The molecule has 2 rings (SSSR count). The normalized spacial score (nSPS) is 45.0. The highest BCUT2D eigenvalue weighted by molar-refractivity contribution is 14.1. The van der Waals surface area contributed by atoms with Crippen molar-refractivity contribution in [3.05, 3.63) is 0 Å². The van der Waals surface area contributed by atoms with Crippen LogP contribution in [-0.4, -0.2) is 22.8 Å². The Bertz CT molecular complexity index is 145. The van der Waals surface area contributed by atoms with Gasteiger partial charge in [0, 0.05) is 6.61 Å². The third-order valence-electron chi connectivity index (χ3n) is 2.72. The fourth-order valence-electron chi connectivity index (χ4n) is 1.99. The predicted octanol–water partition coefficient (Wildman–Crippen LogP) is 1.68. The number of alkyl halides is 1. The molecular formula is C8H14INO. The van der Waals surface area contributed by atoms with Crippen molar-refractivity contribution in [2.24, 2.45) is 0 Å². The van der Waals surface area contributed by atoms with E-state index in [-0.39, 0.29) is 5.60 Å². The van der Waals surface area contributed by atoms with Crippen LogP contribution in [0.2, 0.25) is 0 Å². The minimum absolute atomic E-state index is 0.207. The summed E-state index contributed by atoms with van der Waals surface area (Å²) >= 11 is 2.47. The van der Waals surface area contributed by atoms with Crippen LogP contribution in [0.25, 0.3) is 0 Å². The molecule has 2 saturated heterocycles. The van der Waals surface area contributed by atoms with Gasteiger partial charge >= 0.3 is 0 Å². The van der Waals surface area contributed by atoms with Crippen molar-refractivity contribution in [2.75, 3.05) is 13.2 Å². The summed E-state index contributed by atoms with van der Waals surface area (Å²) in [4.78, 5) is 0. The van der Waals surface area contributed by atoms with Gasteiger partial charge in [-0.25, -0.2) is 0 Å². The van der Waals surface area contributed by atoms with Crippen molar-refractivity contribution < 1.29 is 4.74 Å². The van der Waals surface area contributed by atoms with E-state index in [0.29, 0.717) is 4.05 Å². The summed E-state index contributed by atoms with van der Waals surface area (Å²) in [5.74, 6) is 0. The van der Waals surface area contributed by atoms with Crippen LogP contribution in [0.15, 0.2) is 0 Å². The van der Waals surface area contributed by atoms with Gasteiger partial charge in [0.15, 0.2) is 0 Å². The van der Waals surface area contributed by atoms with Crippen molar-refractivity contribution in [3.63, 3.8) is 0 Å². The Labute approximate surface area is 81.2 Å². The van der Waals surface area contributed by atoms with Gasteiger partial charge < -0.3 is 10.1 Å². The lowest BCUT2D eigenvalue weighted by Crippen LogP contribution is -2.43. The highest BCUT2D eigenvalue weighted by Crippen LogP contribution is 2.37. The number of nitrogens with one attached hydrogen (secondary N) is 1. The summed E-state index contributed by atoms with van der Waals surface area (Å²) in [5.41, 5.74) is 0.207. The van der Waals surface area contributed by atoms with Gasteiger partial charge in [0.05, 0.1) is 9.65 Å². The van der Waals surface area contributed by atoms with Crippen LogP contribution < -0.4 is 5.32 Å². The fourth-order valence-corrected chi connectivity index (χ4v) is 3.11. The first-order valence-electron chi connectivity index (χ1n) is 4.35. The molecule has 0 saturated carbocycles. The van der Waals surface area contributed by atoms with Crippen molar-refractivity contribution in [1.82, 2.24) is 5.32 Å². The number of halogens is 1. The Kier molecular flexibility index (Phi) is 2.39. The summed E-state index contributed by atoms with van der Waals surface area (Å²) in [6.07, 6.45) is 5.07. The lowest BCUT2D eigenvalue weighted by molar-refractivity contribution is -0.0669. The molecule has 1 N–H and O–H groups in total. The second-order valence-corrected chi connectivity index (χ2v) is 4.68. The van der Waals surface area contributed by atoms with Crippen molar-refractivity contribution in [3.8, 4) is 0 Å². The van der Waals surface area contributed by atoms with E-state index >= 15 is 0 Å². The predicted molar refractivity (Wildman–Crippen MR) is 53.0 cm³/mol. The number of rotatable bonds is 0. The minimum Gasteiger partial charge on any atom is -0.372 e. The maximum atomic E-state index is 5.87. The smallest absolute Gasteiger partial charge is 0.0938 e. The zero-order valence-electron chi connectivity index (χ0n) is 6.61. The zero-order valence-corrected chi connectivity index (χ0v) is 8.76. The largest absolute Gasteiger partial charge is 0.372 e. The van der Waals surface area contributed by atoms with E-state index in [0.717, 1.165) is 13.2 Å². The molecule has 11 heavy (non-hydrogen) atoms. The highest BCUT2D eigenvalue weighted by Gasteiger charge is 2.43. The third-order valence-corrected chi connectivity index (χ3v) is 4.29. The molecule has 2 unspecified atom stereocenters. The van der Waals surface area contributed by atoms with Crippen LogP contribution in [0, 0.1) is 0 Å². The van der Waals surface area contributed by atoms with Gasteiger partial charge in [-0.3, -0.25) is 0 Å². The van der Waals surface area contributed by atoms with E-state index in [1.54, 1.807) is 0 Å². The minimum atomic E-state index is 0.207. The molecule has 0 aromatic carbocycles. The van der Waals surface area contributed by atoms with Crippen molar-refractivity contribution >= 4 is 22.6 Å². The fraction of sp³-hybridized carbons (Fsp3) is 1.00. The molecule has 2 atom stereocenters. The zero-order chi connectivity index (χ0) is 7.73. The number of ether oxygens (including phenoxy) is 1. The second kappa shape index (κ2) is 3.18.